The molecule has 0 radical (unpaired) electrons. The fourth-order valence-corrected chi connectivity index (χ4v) is 6.85. The van der Waals surface area contributed by atoms with Crippen molar-refractivity contribution in [3.05, 3.63) is 11.8 Å². The Hall–Kier alpha value is -2.08. The predicted molar refractivity (Wildman–Crippen MR) is 103 cm³/mol. The predicted octanol–water partition coefficient (Wildman–Crippen LogP) is -0.0829. The standard InChI is InChI=1S/C16H21N5O5S2/c1-10-6-12(21(19-10)11-2-5-28(25,26)8-11)17-13(22)7-20-14(23)16(18-15(20)24)3-4-27-9-16/h6,11H,2-5,7-9H2,1H3,(H,17,22)(H,18,24). The summed E-state index contributed by atoms with van der Waals surface area (Å²) in [6.45, 7) is 1.35. The second-order valence-electron chi connectivity index (χ2n) is 7.43. The van der Waals surface area contributed by atoms with Gasteiger partial charge in [0.1, 0.15) is 17.9 Å². The zero-order valence-corrected chi connectivity index (χ0v) is 16.9. The molecule has 28 heavy (non-hydrogen) atoms. The lowest BCUT2D eigenvalue weighted by atomic mass is 9.99. The number of aryl methyl sites for hydroxylation is 1. The number of imide groups is 1. The summed E-state index contributed by atoms with van der Waals surface area (Å²) in [4.78, 5) is 38.3. The van der Waals surface area contributed by atoms with Crippen LogP contribution < -0.4 is 10.6 Å². The third-order valence-corrected chi connectivity index (χ3v) is 8.19. The van der Waals surface area contributed by atoms with E-state index in [0.717, 1.165) is 10.7 Å². The molecular formula is C16H21N5O5S2. The second-order valence-corrected chi connectivity index (χ2v) is 10.8. The molecule has 4 heterocycles. The maximum Gasteiger partial charge on any atom is 0.325 e. The van der Waals surface area contributed by atoms with E-state index >= 15 is 0 Å². The Kier molecular flexibility index (Phi) is 4.65. The number of amides is 4. The molecule has 3 aliphatic rings. The largest absolute Gasteiger partial charge is 0.325 e. The van der Waals surface area contributed by atoms with Gasteiger partial charge < -0.3 is 10.6 Å². The number of nitrogens with one attached hydrogen (secondary N) is 2. The summed E-state index contributed by atoms with van der Waals surface area (Å²) in [5.41, 5.74) is -0.255. The van der Waals surface area contributed by atoms with Gasteiger partial charge in [-0.05, 0) is 25.5 Å². The van der Waals surface area contributed by atoms with Crippen molar-refractivity contribution < 1.29 is 22.8 Å². The van der Waals surface area contributed by atoms with Crippen LogP contribution in [0.25, 0.3) is 0 Å². The zero-order valence-electron chi connectivity index (χ0n) is 15.3. The highest BCUT2D eigenvalue weighted by Gasteiger charge is 2.53. The summed E-state index contributed by atoms with van der Waals surface area (Å²) in [5, 5.41) is 9.70. The van der Waals surface area contributed by atoms with Gasteiger partial charge in [-0.3, -0.25) is 14.5 Å². The Morgan fingerprint density at radius 3 is 2.89 bits per heavy atom. The lowest BCUT2D eigenvalue weighted by Crippen LogP contribution is -2.47. The van der Waals surface area contributed by atoms with Crippen molar-refractivity contribution >= 4 is 45.3 Å². The number of hydrogen-bond acceptors (Lipinski definition) is 7. The highest BCUT2D eigenvalue weighted by Crippen LogP contribution is 2.33. The molecule has 4 rings (SSSR count). The van der Waals surface area contributed by atoms with E-state index in [1.165, 1.54) is 4.68 Å². The first-order valence-corrected chi connectivity index (χ1v) is 11.9. The summed E-state index contributed by atoms with van der Waals surface area (Å²) in [6.07, 6.45) is 0.988. The van der Waals surface area contributed by atoms with E-state index in [0.29, 0.717) is 30.1 Å². The van der Waals surface area contributed by atoms with Crippen molar-refractivity contribution in [1.82, 2.24) is 20.0 Å². The Morgan fingerprint density at radius 1 is 1.46 bits per heavy atom. The minimum Gasteiger partial charge on any atom is -0.322 e. The van der Waals surface area contributed by atoms with Gasteiger partial charge in [-0.15, -0.1) is 0 Å². The lowest BCUT2D eigenvalue weighted by molar-refractivity contribution is -0.133. The molecule has 12 heteroatoms. The Labute approximate surface area is 166 Å². The molecule has 0 bridgehead atoms. The topological polar surface area (TPSA) is 130 Å². The van der Waals surface area contributed by atoms with Crippen molar-refractivity contribution in [3.8, 4) is 0 Å². The van der Waals surface area contributed by atoms with E-state index in [2.05, 4.69) is 15.7 Å². The number of carbonyl (C=O) groups excluding carboxylic acids is 3. The Bertz CT molecular complexity index is 951. The fourth-order valence-electron chi connectivity index (χ4n) is 3.83. The summed E-state index contributed by atoms with van der Waals surface area (Å²) < 4.78 is 25.0. The molecule has 2 unspecified atom stereocenters. The minimum absolute atomic E-state index is 0.0236. The van der Waals surface area contributed by atoms with Gasteiger partial charge in [0.2, 0.25) is 5.91 Å². The highest BCUT2D eigenvalue weighted by molar-refractivity contribution is 7.99. The van der Waals surface area contributed by atoms with Crippen LogP contribution in [0, 0.1) is 6.92 Å². The van der Waals surface area contributed by atoms with Crippen LogP contribution >= 0.6 is 11.8 Å². The molecule has 3 fully saturated rings. The van der Waals surface area contributed by atoms with Gasteiger partial charge in [0.15, 0.2) is 9.84 Å². The van der Waals surface area contributed by atoms with E-state index in [1.54, 1.807) is 24.8 Å². The average molecular weight is 428 g/mol. The molecule has 0 aromatic carbocycles. The molecule has 1 aromatic rings. The molecule has 3 aliphatic heterocycles. The zero-order chi connectivity index (χ0) is 20.1. The summed E-state index contributed by atoms with van der Waals surface area (Å²) in [7, 11) is -3.11. The second kappa shape index (κ2) is 6.76. The first-order valence-electron chi connectivity index (χ1n) is 8.97. The van der Waals surface area contributed by atoms with Crippen LogP contribution in [0.2, 0.25) is 0 Å². The Morgan fingerprint density at radius 2 is 2.25 bits per heavy atom. The molecule has 2 N–H and O–H groups in total. The normalized spacial score (nSPS) is 28.9. The molecule has 3 saturated heterocycles. The third kappa shape index (κ3) is 3.39. The number of urea groups is 1. The molecule has 152 valence electrons. The van der Waals surface area contributed by atoms with Crippen LogP contribution in [0.5, 0.6) is 0 Å². The number of nitrogens with zero attached hydrogens (tertiary/aromatic N) is 3. The third-order valence-electron chi connectivity index (χ3n) is 5.25. The number of carbonyl (C=O) groups is 3. The van der Waals surface area contributed by atoms with Crippen LogP contribution in [0.1, 0.15) is 24.6 Å². The van der Waals surface area contributed by atoms with Crippen molar-refractivity contribution in [3.63, 3.8) is 0 Å². The first kappa shape index (κ1) is 19.2. The molecule has 0 aliphatic carbocycles. The summed E-state index contributed by atoms with van der Waals surface area (Å²) in [5.74, 6) is 0.823. The van der Waals surface area contributed by atoms with Gasteiger partial charge >= 0.3 is 6.03 Å². The highest BCUT2D eigenvalue weighted by atomic mass is 32.2. The van der Waals surface area contributed by atoms with Crippen LogP contribution in [-0.2, 0) is 19.4 Å². The van der Waals surface area contributed by atoms with Gasteiger partial charge in [-0.25, -0.2) is 17.9 Å². The van der Waals surface area contributed by atoms with Gasteiger partial charge in [-0.2, -0.15) is 16.9 Å². The van der Waals surface area contributed by atoms with Crippen molar-refractivity contribution in [2.75, 3.05) is 34.9 Å². The molecule has 1 spiro atoms. The Balaban J connectivity index is 1.46. The average Bonchev–Trinajstić information content (AvgIpc) is 3.34. The van der Waals surface area contributed by atoms with Crippen LogP contribution in [0.3, 0.4) is 0 Å². The number of anilines is 1. The number of rotatable bonds is 4. The summed E-state index contributed by atoms with van der Waals surface area (Å²) in [6, 6.07) is 0.739. The van der Waals surface area contributed by atoms with Crippen LogP contribution in [0.15, 0.2) is 6.07 Å². The van der Waals surface area contributed by atoms with Crippen molar-refractivity contribution in [2.45, 2.75) is 31.3 Å². The van der Waals surface area contributed by atoms with E-state index < -0.39 is 33.9 Å². The number of hydrogen-bond donors (Lipinski definition) is 2. The maximum absolute atomic E-state index is 12.6. The minimum atomic E-state index is -3.11. The monoisotopic (exact) mass is 427 g/mol. The van der Waals surface area contributed by atoms with Gasteiger partial charge in [0.25, 0.3) is 5.91 Å². The maximum atomic E-state index is 12.6. The molecule has 2 atom stereocenters. The quantitative estimate of drug-likeness (QED) is 0.643. The summed E-state index contributed by atoms with van der Waals surface area (Å²) >= 11 is 1.59. The van der Waals surface area contributed by atoms with Gasteiger partial charge in [0.05, 0.1) is 23.2 Å². The van der Waals surface area contributed by atoms with Gasteiger partial charge in [0, 0.05) is 11.8 Å². The molecule has 0 saturated carbocycles. The van der Waals surface area contributed by atoms with Crippen LogP contribution in [0.4, 0.5) is 10.6 Å². The van der Waals surface area contributed by atoms with E-state index in [-0.39, 0.29) is 23.5 Å². The van der Waals surface area contributed by atoms with Crippen LogP contribution in [-0.4, -0.2) is 76.0 Å². The van der Waals surface area contributed by atoms with Crippen molar-refractivity contribution in [2.24, 2.45) is 0 Å². The number of sulfone groups is 1. The molecular weight excluding hydrogens is 406 g/mol. The smallest absolute Gasteiger partial charge is 0.322 e. The van der Waals surface area contributed by atoms with E-state index in [1.807, 2.05) is 0 Å². The van der Waals surface area contributed by atoms with Crippen molar-refractivity contribution in [1.29, 1.82) is 0 Å². The number of aromatic nitrogens is 2. The van der Waals surface area contributed by atoms with E-state index in [9.17, 15) is 22.8 Å². The molecule has 10 nitrogen and oxygen atoms in total. The molecule has 1 aromatic heterocycles. The first-order chi connectivity index (χ1) is 13.2. The SMILES string of the molecule is Cc1cc(NC(=O)CN2C(=O)NC3(CCSC3)C2=O)n(C2CCS(=O)(=O)C2)n1. The van der Waals surface area contributed by atoms with Gasteiger partial charge in [-0.1, -0.05) is 0 Å². The fraction of sp³-hybridized carbons (Fsp3) is 0.625. The lowest BCUT2D eigenvalue weighted by Gasteiger charge is -2.19. The molecule has 4 amide bonds. The van der Waals surface area contributed by atoms with E-state index in [4.69, 9.17) is 0 Å². The number of thioether (sulfide) groups is 1.